The van der Waals surface area contributed by atoms with Crippen LogP contribution in [0.15, 0.2) is 66.7 Å². The zero-order valence-corrected chi connectivity index (χ0v) is 20.7. The molecule has 182 valence electrons. The average Bonchev–Trinajstić information content (AvgIpc) is 2.87. The number of hydrogen-bond acceptors (Lipinski definition) is 4. The number of hydrogen-bond donors (Lipinski definition) is 1. The molecule has 35 heavy (non-hydrogen) atoms. The number of ether oxygens (including phenoxy) is 2. The maximum Gasteiger partial charge on any atom is 0.262 e. The van der Waals surface area contributed by atoms with Crippen molar-refractivity contribution < 1.29 is 19.1 Å². The molecule has 0 aliphatic carbocycles. The van der Waals surface area contributed by atoms with Crippen LogP contribution in [0.5, 0.6) is 11.5 Å². The van der Waals surface area contributed by atoms with E-state index in [1.165, 1.54) is 11.1 Å². The van der Waals surface area contributed by atoms with Crippen molar-refractivity contribution in [1.82, 2.24) is 4.90 Å². The SMILES string of the molecule is COc1ccc(NC(=O)COc2ccc3c(c2)C(c2ccc(C)cc2)N(C(=O)C(C)C)CC3)cc1. The highest BCUT2D eigenvalue weighted by Crippen LogP contribution is 2.38. The molecule has 0 radical (unpaired) electrons. The molecule has 1 aliphatic rings. The van der Waals surface area contributed by atoms with E-state index >= 15 is 0 Å². The van der Waals surface area contributed by atoms with Gasteiger partial charge in [-0.15, -0.1) is 0 Å². The molecule has 1 aliphatic heterocycles. The van der Waals surface area contributed by atoms with Gasteiger partial charge in [-0.25, -0.2) is 0 Å². The molecule has 3 aromatic carbocycles. The van der Waals surface area contributed by atoms with Gasteiger partial charge in [0, 0.05) is 18.2 Å². The Kier molecular flexibility index (Phi) is 7.39. The Bertz CT molecular complexity index is 1190. The average molecular weight is 473 g/mol. The van der Waals surface area contributed by atoms with E-state index < -0.39 is 0 Å². The summed E-state index contributed by atoms with van der Waals surface area (Å²) in [5.41, 5.74) is 5.15. The molecule has 0 spiro atoms. The van der Waals surface area contributed by atoms with Crippen LogP contribution in [0.2, 0.25) is 0 Å². The summed E-state index contributed by atoms with van der Waals surface area (Å²) in [6.07, 6.45) is 0.786. The van der Waals surface area contributed by atoms with Gasteiger partial charge < -0.3 is 19.7 Å². The lowest BCUT2D eigenvalue weighted by Gasteiger charge is -2.39. The smallest absolute Gasteiger partial charge is 0.262 e. The lowest BCUT2D eigenvalue weighted by molar-refractivity contribution is -0.136. The fourth-order valence-corrected chi connectivity index (χ4v) is 4.38. The number of carbonyl (C=O) groups is 2. The number of aryl methyl sites for hydroxylation is 1. The zero-order chi connectivity index (χ0) is 24.9. The van der Waals surface area contributed by atoms with Crippen molar-refractivity contribution in [2.75, 3.05) is 25.6 Å². The van der Waals surface area contributed by atoms with E-state index in [9.17, 15) is 9.59 Å². The third-order valence-electron chi connectivity index (χ3n) is 6.26. The first-order chi connectivity index (χ1) is 16.9. The molecular formula is C29H32N2O4. The molecule has 4 rings (SSSR count). The molecule has 1 N–H and O–H groups in total. The van der Waals surface area contributed by atoms with Crippen LogP contribution in [0.3, 0.4) is 0 Å². The van der Waals surface area contributed by atoms with Gasteiger partial charge >= 0.3 is 0 Å². The molecule has 0 fully saturated rings. The molecule has 3 aromatic rings. The third kappa shape index (κ3) is 5.65. The fraction of sp³-hybridized carbons (Fsp3) is 0.310. The molecule has 6 heteroatoms. The lowest BCUT2D eigenvalue weighted by atomic mass is 9.87. The Morgan fingerprint density at radius 2 is 1.69 bits per heavy atom. The molecule has 0 aromatic heterocycles. The van der Waals surface area contributed by atoms with E-state index in [0.29, 0.717) is 18.0 Å². The van der Waals surface area contributed by atoms with E-state index in [4.69, 9.17) is 9.47 Å². The van der Waals surface area contributed by atoms with Crippen LogP contribution in [0, 0.1) is 12.8 Å². The van der Waals surface area contributed by atoms with E-state index in [1.807, 2.05) is 36.9 Å². The Balaban J connectivity index is 1.54. The van der Waals surface area contributed by atoms with E-state index in [0.717, 1.165) is 23.3 Å². The summed E-state index contributed by atoms with van der Waals surface area (Å²) in [4.78, 5) is 27.5. The molecule has 2 amide bonds. The van der Waals surface area contributed by atoms with Crippen LogP contribution >= 0.6 is 0 Å². The van der Waals surface area contributed by atoms with Gasteiger partial charge in [0.15, 0.2) is 6.61 Å². The monoisotopic (exact) mass is 472 g/mol. The second kappa shape index (κ2) is 10.6. The Hall–Kier alpha value is -3.80. The molecular weight excluding hydrogens is 440 g/mol. The van der Waals surface area contributed by atoms with Gasteiger partial charge in [-0.3, -0.25) is 9.59 Å². The minimum absolute atomic E-state index is 0.0921. The van der Waals surface area contributed by atoms with Crippen LogP contribution in [-0.4, -0.2) is 37.0 Å². The number of rotatable bonds is 7. The van der Waals surface area contributed by atoms with Crippen molar-refractivity contribution in [3.8, 4) is 11.5 Å². The third-order valence-corrected chi connectivity index (χ3v) is 6.26. The predicted molar refractivity (Wildman–Crippen MR) is 137 cm³/mol. The molecule has 1 atom stereocenters. The van der Waals surface area contributed by atoms with Crippen LogP contribution in [0.4, 0.5) is 5.69 Å². The zero-order valence-electron chi connectivity index (χ0n) is 20.7. The van der Waals surface area contributed by atoms with Gasteiger partial charge in [-0.1, -0.05) is 49.7 Å². The highest BCUT2D eigenvalue weighted by atomic mass is 16.5. The molecule has 0 saturated carbocycles. The van der Waals surface area contributed by atoms with Crippen LogP contribution in [-0.2, 0) is 16.0 Å². The first-order valence-electron chi connectivity index (χ1n) is 11.9. The highest BCUT2D eigenvalue weighted by Gasteiger charge is 2.33. The number of carbonyl (C=O) groups excluding carboxylic acids is 2. The van der Waals surface area contributed by atoms with Crippen molar-refractivity contribution in [3.05, 3.63) is 89.0 Å². The molecule has 1 unspecified atom stereocenters. The topological polar surface area (TPSA) is 67.9 Å². The summed E-state index contributed by atoms with van der Waals surface area (Å²) in [7, 11) is 1.60. The number of nitrogens with one attached hydrogen (secondary N) is 1. The van der Waals surface area contributed by atoms with E-state index in [-0.39, 0.29) is 30.4 Å². The minimum Gasteiger partial charge on any atom is -0.497 e. The second-order valence-electron chi connectivity index (χ2n) is 9.18. The molecule has 0 bridgehead atoms. The van der Waals surface area contributed by atoms with Gasteiger partial charge in [0.25, 0.3) is 5.91 Å². The Morgan fingerprint density at radius 1 is 1.00 bits per heavy atom. The van der Waals surface area contributed by atoms with E-state index in [2.05, 4.69) is 36.5 Å². The summed E-state index contributed by atoms with van der Waals surface area (Å²) in [6.45, 7) is 6.48. The molecule has 0 saturated heterocycles. The summed E-state index contributed by atoms with van der Waals surface area (Å²) >= 11 is 0. The number of methoxy groups -OCH3 is 1. The fourth-order valence-electron chi connectivity index (χ4n) is 4.38. The molecule has 6 nitrogen and oxygen atoms in total. The summed E-state index contributed by atoms with van der Waals surface area (Å²) in [6, 6.07) is 21.2. The number of benzene rings is 3. The maximum absolute atomic E-state index is 13.1. The maximum atomic E-state index is 13.1. The van der Waals surface area contributed by atoms with Crippen LogP contribution in [0.1, 0.15) is 42.1 Å². The van der Waals surface area contributed by atoms with Crippen molar-refractivity contribution in [3.63, 3.8) is 0 Å². The number of anilines is 1. The Morgan fingerprint density at radius 3 is 2.34 bits per heavy atom. The normalized spacial score (nSPS) is 14.9. The number of nitrogens with zero attached hydrogens (tertiary/aromatic N) is 1. The second-order valence-corrected chi connectivity index (χ2v) is 9.18. The van der Waals surface area contributed by atoms with Crippen LogP contribution in [0.25, 0.3) is 0 Å². The molecule has 1 heterocycles. The summed E-state index contributed by atoms with van der Waals surface area (Å²) in [5, 5.41) is 2.83. The van der Waals surface area contributed by atoms with Crippen molar-refractivity contribution in [2.24, 2.45) is 5.92 Å². The van der Waals surface area contributed by atoms with Gasteiger partial charge in [0.2, 0.25) is 5.91 Å². The highest BCUT2D eigenvalue weighted by molar-refractivity contribution is 5.91. The number of amides is 2. The van der Waals surface area contributed by atoms with Gasteiger partial charge in [0.05, 0.1) is 13.2 Å². The van der Waals surface area contributed by atoms with Gasteiger partial charge in [-0.05, 0) is 66.4 Å². The minimum atomic E-state index is -0.250. The van der Waals surface area contributed by atoms with Crippen molar-refractivity contribution >= 4 is 17.5 Å². The number of fused-ring (bicyclic) bond motifs is 1. The van der Waals surface area contributed by atoms with E-state index in [1.54, 1.807) is 31.4 Å². The Labute approximate surface area is 206 Å². The summed E-state index contributed by atoms with van der Waals surface area (Å²) < 4.78 is 11.0. The largest absolute Gasteiger partial charge is 0.497 e. The first kappa shape index (κ1) is 24.3. The quantitative estimate of drug-likeness (QED) is 0.516. The standard InChI is InChI=1S/C29H32N2O4/c1-19(2)29(33)31-16-15-21-9-12-25(17-26(21)28(31)22-7-5-20(3)6-8-22)35-18-27(32)30-23-10-13-24(34-4)14-11-23/h5-14,17,19,28H,15-16,18H2,1-4H3,(H,30,32). The van der Waals surface area contributed by atoms with Crippen molar-refractivity contribution in [1.29, 1.82) is 0 Å². The first-order valence-corrected chi connectivity index (χ1v) is 11.9. The predicted octanol–water partition coefficient (Wildman–Crippen LogP) is 5.15. The van der Waals surface area contributed by atoms with Gasteiger partial charge in [0.1, 0.15) is 11.5 Å². The lowest BCUT2D eigenvalue weighted by Crippen LogP contribution is -2.42. The van der Waals surface area contributed by atoms with Gasteiger partial charge in [-0.2, -0.15) is 0 Å². The van der Waals surface area contributed by atoms with Crippen LogP contribution < -0.4 is 14.8 Å². The summed E-state index contributed by atoms with van der Waals surface area (Å²) in [5.74, 6) is 1.11. The van der Waals surface area contributed by atoms with Crippen molar-refractivity contribution in [2.45, 2.75) is 33.2 Å².